The molecule has 0 aromatic heterocycles. The van der Waals surface area contributed by atoms with E-state index in [1.54, 1.807) is 18.2 Å². The van der Waals surface area contributed by atoms with Crippen LogP contribution in [-0.4, -0.2) is 17.3 Å². The first-order valence-corrected chi connectivity index (χ1v) is 4.82. The number of phenolic OH excluding ortho intramolecular Hbond substituents is 1. The first-order chi connectivity index (χ1) is 6.77. The molecular formula is C11H11ClO2. The summed E-state index contributed by atoms with van der Waals surface area (Å²) in [4.78, 5) is 10.5. The van der Waals surface area contributed by atoms with Gasteiger partial charge in [-0.1, -0.05) is 12.2 Å². The average molecular weight is 211 g/mol. The normalized spacial score (nSPS) is 10.6. The van der Waals surface area contributed by atoms with Crippen LogP contribution in [0.3, 0.4) is 0 Å². The molecule has 2 nitrogen and oxygen atoms in total. The minimum atomic E-state index is 0.168. The molecule has 0 aliphatic heterocycles. The van der Waals surface area contributed by atoms with Crippen LogP contribution in [0.4, 0.5) is 0 Å². The molecule has 0 heterocycles. The Morgan fingerprint density at radius 1 is 1.43 bits per heavy atom. The second-order valence-electron chi connectivity index (χ2n) is 2.82. The second kappa shape index (κ2) is 5.45. The number of hydrogen-bond acceptors (Lipinski definition) is 2. The topological polar surface area (TPSA) is 37.3 Å². The Morgan fingerprint density at radius 3 is 2.86 bits per heavy atom. The third kappa shape index (κ3) is 2.89. The molecule has 3 heteroatoms. The van der Waals surface area contributed by atoms with Crippen LogP contribution in [0.25, 0.3) is 6.08 Å². The van der Waals surface area contributed by atoms with Gasteiger partial charge in [0.2, 0.25) is 0 Å². The number of rotatable bonds is 4. The number of carbonyl (C=O) groups is 1. The van der Waals surface area contributed by atoms with Crippen molar-refractivity contribution in [2.45, 2.75) is 6.42 Å². The van der Waals surface area contributed by atoms with Crippen molar-refractivity contribution in [2.75, 3.05) is 5.88 Å². The van der Waals surface area contributed by atoms with Crippen LogP contribution in [0.5, 0.6) is 5.75 Å². The SMILES string of the molecule is O=Cc1ccc(O)c(C=CCCCl)c1. The molecule has 0 amide bonds. The van der Waals surface area contributed by atoms with Crippen LogP contribution in [0.15, 0.2) is 24.3 Å². The molecule has 14 heavy (non-hydrogen) atoms. The zero-order valence-corrected chi connectivity index (χ0v) is 8.37. The van der Waals surface area contributed by atoms with Gasteiger partial charge in [-0.3, -0.25) is 4.79 Å². The summed E-state index contributed by atoms with van der Waals surface area (Å²) in [5, 5.41) is 9.43. The van der Waals surface area contributed by atoms with Gasteiger partial charge in [-0.25, -0.2) is 0 Å². The molecule has 0 saturated carbocycles. The van der Waals surface area contributed by atoms with E-state index in [1.165, 1.54) is 6.07 Å². The Bertz CT molecular complexity index is 345. The molecule has 0 bridgehead atoms. The van der Waals surface area contributed by atoms with Crippen molar-refractivity contribution < 1.29 is 9.90 Å². The number of aldehydes is 1. The summed E-state index contributed by atoms with van der Waals surface area (Å²) in [5.74, 6) is 0.714. The molecule has 74 valence electrons. The largest absolute Gasteiger partial charge is 0.507 e. The van der Waals surface area contributed by atoms with Gasteiger partial charge in [-0.15, -0.1) is 11.6 Å². The van der Waals surface area contributed by atoms with E-state index >= 15 is 0 Å². The fourth-order valence-electron chi connectivity index (χ4n) is 1.05. The minimum absolute atomic E-state index is 0.168. The fraction of sp³-hybridized carbons (Fsp3) is 0.182. The first kappa shape index (κ1) is 10.8. The van der Waals surface area contributed by atoms with Crippen LogP contribution >= 0.6 is 11.6 Å². The number of carbonyl (C=O) groups excluding carboxylic acids is 1. The Morgan fingerprint density at radius 2 is 2.21 bits per heavy atom. The van der Waals surface area contributed by atoms with E-state index in [4.69, 9.17) is 11.6 Å². The van der Waals surface area contributed by atoms with Crippen LogP contribution in [0, 0.1) is 0 Å². The number of allylic oxidation sites excluding steroid dienone is 1. The zero-order valence-electron chi connectivity index (χ0n) is 7.61. The van der Waals surface area contributed by atoms with E-state index in [1.807, 2.05) is 6.08 Å². The highest BCUT2D eigenvalue weighted by atomic mass is 35.5. The Balaban J connectivity index is 2.89. The van der Waals surface area contributed by atoms with Crippen molar-refractivity contribution in [1.82, 2.24) is 0 Å². The standard InChI is InChI=1S/C11H11ClO2/c12-6-2-1-3-10-7-9(8-13)4-5-11(10)14/h1,3-5,7-8,14H,2,6H2. The smallest absolute Gasteiger partial charge is 0.150 e. The van der Waals surface area contributed by atoms with E-state index in [2.05, 4.69) is 0 Å². The predicted molar refractivity (Wildman–Crippen MR) is 57.9 cm³/mol. The molecule has 1 aromatic rings. The average Bonchev–Trinajstić information content (AvgIpc) is 2.21. The third-order valence-corrected chi connectivity index (χ3v) is 1.98. The summed E-state index contributed by atoms with van der Waals surface area (Å²) in [6.07, 6.45) is 5.10. The maximum atomic E-state index is 10.5. The number of alkyl halides is 1. The molecule has 0 unspecified atom stereocenters. The monoisotopic (exact) mass is 210 g/mol. The molecular weight excluding hydrogens is 200 g/mol. The summed E-state index contributed by atoms with van der Waals surface area (Å²) in [5.41, 5.74) is 1.19. The molecule has 0 atom stereocenters. The van der Waals surface area contributed by atoms with Gasteiger partial charge >= 0.3 is 0 Å². The minimum Gasteiger partial charge on any atom is -0.507 e. The lowest BCUT2D eigenvalue weighted by Gasteiger charge is -1.99. The second-order valence-corrected chi connectivity index (χ2v) is 3.19. The van der Waals surface area contributed by atoms with Gasteiger partial charge in [0.1, 0.15) is 12.0 Å². The zero-order chi connectivity index (χ0) is 10.4. The number of hydrogen-bond donors (Lipinski definition) is 1. The third-order valence-electron chi connectivity index (χ3n) is 1.76. The molecule has 1 N–H and O–H groups in total. The van der Waals surface area contributed by atoms with Crippen LogP contribution in [0.2, 0.25) is 0 Å². The van der Waals surface area contributed by atoms with E-state index in [-0.39, 0.29) is 5.75 Å². The first-order valence-electron chi connectivity index (χ1n) is 4.28. The Kier molecular flexibility index (Phi) is 4.20. The Hall–Kier alpha value is -1.28. The molecule has 1 rings (SSSR count). The van der Waals surface area contributed by atoms with E-state index < -0.39 is 0 Å². The molecule has 0 aliphatic carbocycles. The molecule has 1 aromatic carbocycles. The highest BCUT2D eigenvalue weighted by molar-refractivity contribution is 6.17. The molecule has 0 spiro atoms. The predicted octanol–water partition coefficient (Wildman–Crippen LogP) is 2.85. The summed E-state index contributed by atoms with van der Waals surface area (Å²) < 4.78 is 0. The summed E-state index contributed by atoms with van der Waals surface area (Å²) in [6, 6.07) is 4.71. The van der Waals surface area contributed by atoms with Crippen LogP contribution in [0.1, 0.15) is 22.3 Å². The molecule has 0 aliphatic rings. The summed E-state index contributed by atoms with van der Waals surface area (Å²) in [6.45, 7) is 0. The van der Waals surface area contributed by atoms with Gasteiger partial charge in [0, 0.05) is 17.0 Å². The van der Waals surface area contributed by atoms with Crippen LogP contribution < -0.4 is 0 Å². The molecule has 0 radical (unpaired) electrons. The number of benzene rings is 1. The van der Waals surface area contributed by atoms with Crippen molar-refractivity contribution in [3.63, 3.8) is 0 Å². The van der Waals surface area contributed by atoms with E-state index in [0.29, 0.717) is 17.0 Å². The fourth-order valence-corrected chi connectivity index (χ4v) is 1.18. The highest BCUT2D eigenvalue weighted by Crippen LogP contribution is 2.19. The van der Waals surface area contributed by atoms with Gasteiger partial charge in [0.25, 0.3) is 0 Å². The lowest BCUT2D eigenvalue weighted by atomic mass is 10.1. The molecule has 0 fully saturated rings. The lowest BCUT2D eigenvalue weighted by molar-refractivity contribution is 0.112. The van der Waals surface area contributed by atoms with E-state index in [0.717, 1.165) is 12.7 Å². The Labute approximate surface area is 87.8 Å². The van der Waals surface area contributed by atoms with Crippen molar-refractivity contribution >= 4 is 24.0 Å². The van der Waals surface area contributed by atoms with Crippen molar-refractivity contribution in [3.8, 4) is 5.75 Å². The number of halogens is 1. The van der Waals surface area contributed by atoms with Gasteiger partial charge in [0.05, 0.1) is 0 Å². The van der Waals surface area contributed by atoms with Gasteiger partial charge in [-0.2, -0.15) is 0 Å². The maximum Gasteiger partial charge on any atom is 0.150 e. The number of aromatic hydroxyl groups is 1. The van der Waals surface area contributed by atoms with E-state index in [9.17, 15) is 9.90 Å². The number of phenols is 1. The van der Waals surface area contributed by atoms with Crippen molar-refractivity contribution in [3.05, 3.63) is 35.4 Å². The van der Waals surface area contributed by atoms with Crippen molar-refractivity contribution in [2.24, 2.45) is 0 Å². The van der Waals surface area contributed by atoms with Gasteiger partial charge in [0.15, 0.2) is 0 Å². The summed E-state index contributed by atoms with van der Waals surface area (Å²) in [7, 11) is 0. The lowest BCUT2D eigenvalue weighted by Crippen LogP contribution is -1.82. The quantitative estimate of drug-likeness (QED) is 0.613. The maximum absolute atomic E-state index is 10.5. The molecule has 0 saturated heterocycles. The summed E-state index contributed by atoms with van der Waals surface area (Å²) >= 11 is 5.50. The highest BCUT2D eigenvalue weighted by Gasteiger charge is 1.98. The van der Waals surface area contributed by atoms with Crippen LogP contribution in [-0.2, 0) is 0 Å². The van der Waals surface area contributed by atoms with Gasteiger partial charge in [-0.05, 0) is 24.6 Å². The van der Waals surface area contributed by atoms with Gasteiger partial charge < -0.3 is 5.11 Å². The van der Waals surface area contributed by atoms with Crippen molar-refractivity contribution in [1.29, 1.82) is 0 Å².